The molecule has 0 atom stereocenters. The molecule has 1 rings (SSSR count). The first-order valence-electron chi connectivity index (χ1n) is 7.21. The van der Waals surface area contributed by atoms with E-state index in [0.29, 0.717) is 6.54 Å². The average Bonchev–Trinajstić information content (AvgIpc) is 2.73. The van der Waals surface area contributed by atoms with E-state index >= 15 is 0 Å². The SMILES string of the molecule is CCCCN(CCCC)Cc1cc(CN)oc1C. The van der Waals surface area contributed by atoms with Crippen LogP contribution in [0.1, 0.15) is 56.6 Å². The monoisotopic (exact) mass is 252 g/mol. The van der Waals surface area contributed by atoms with Gasteiger partial charge in [-0.15, -0.1) is 0 Å². The quantitative estimate of drug-likeness (QED) is 0.732. The molecule has 0 spiro atoms. The van der Waals surface area contributed by atoms with E-state index in [-0.39, 0.29) is 0 Å². The number of unbranched alkanes of at least 4 members (excludes halogenated alkanes) is 2. The molecule has 0 saturated carbocycles. The van der Waals surface area contributed by atoms with Gasteiger partial charge < -0.3 is 10.2 Å². The number of rotatable bonds is 9. The van der Waals surface area contributed by atoms with Crippen LogP contribution in [0.4, 0.5) is 0 Å². The summed E-state index contributed by atoms with van der Waals surface area (Å²) in [7, 11) is 0. The first-order valence-corrected chi connectivity index (χ1v) is 7.21. The Balaban J connectivity index is 2.59. The lowest BCUT2D eigenvalue weighted by molar-refractivity contribution is 0.255. The number of nitrogens with two attached hydrogens (primary N) is 1. The first kappa shape index (κ1) is 15.3. The Morgan fingerprint density at radius 2 is 1.78 bits per heavy atom. The van der Waals surface area contributed by atoms with E-state index in [1.54, 1.807) is 0 Å². The molecule has 0 aromatic carbocycles. The van der Waals surface area contributed by atoms with Gasteiger partial charge in [0.1, 0.15) is 11.5 Å². The molecule has 0 aliphatic rings. The molecular weight excluding hydrogens is 224 g/mol. The maximum atomic E-state index is 5.62. The molecule has 0 aliphatic carbocycles. The predicted octanol–water partition coefficient (Wildman–Crippen LogP) is 3.45. The molecule has 0 saturated heterocycles. The lowest BCUT2D eigenvalue weighted by Gasteiger charge is -2.21. The second-order valence-corrected chi connectivity index (χ2v) is 4.98. The highest BCUT2D eigenvalue weighted by Gasteiger charge is 2.11. The molecule has 0 radical (unpaired) electrons. The maximum absolute atomic E-state index is 5.62. The second kappa shape index (κ2) is 8.33. The predicted molar refractivity (Wildman–Crippen MR) is 76.4 cm³/mol. The zero-order valence-electron chi connectivity index (χ0n) is 12.2. The Morgan fingerprint density at radius 3 is 2.22 bits per heavy atom. The van der Waals surface area contributed by atoms with Crippen molar-refractivity contribution >= 4 is 0 Å². The summed E-state index contributed by atoms with van der Waals surface area (Å²) < 4.78 is 5.62. The van der Waals surface area contributed by atoms with Crippen LogP contribution in [0.2, 0.25) is 0 Å². The van der Waals surface area contributed by atoms with Gasteiger partial charge >= 0.3 is 0 Å². The smallest absolute Gasteiger partial charge is 0.118 e. The van der Waals surface area contributed by atoms with Gasteiger partial charge in [0.2, 0.25) is 0 Å². The second-order valence-electron chi connectivity index (χ2n) is 4.98. The van der Waals surface area contributed by atoms with Crippen molar-refractivity contribution in [2.75, 3.05) is 13.1 Å². The molecule has 1 heterocycles. The van der Waals surface area contributed by atoms with Crippen molar-refractivity contribution in [3.63, 3.8) is 0 Å². The van der Waals surface area contributed by atoms with Crippen LogP contribution in [-0.4, -0.2) is 18.0 Å². The zero-order valence-corrected chi connectivity index (χ0v) is 12.2. The van der Waals surface area contributed by atoms with Crippen molar-refractivity contribution in [2.45, 2.75) is 59.5 Å². The third-order valence-electron chi connectivity index (χ3n) is 3.32. The number of aryl methyl sites for hydroxylation is 1. The summed E-state index contributed by atoms with van der Waals surface area (Å²) >= 11 is 0. The van der Waals surface area contributed by atoms with Crippen LogP contribution in [0.15, 0.2) is 10.5 Å². The van der Waals surface area contributed by atoms with Gasteiger partial charge in [-0.05, 0) is 38.9 Å². The van der Waals surface area contributed by atoms with E-state index in [2.05, 4.69) is 24.8 Å². The zero-order chi connectivity index (χ0) is 13.4. The van der Waals surface area contributed by atoms with Gasteiger partial charge in [-0.25, -0.2) is 0 Å². The Morgan fingerprint density at radius 1 is 1.17 bits per heavy atom. The first-order chi connectivity index (χ1) is 8.71. The molecule has 104 valence electrons. The lowest BCUT2D eigenvalue weighted by Crippen LogP contribution is -2.25. The average molecular weight is 252 g/mol. The van der Waals surface area contributed by atoms with Crippen LogP contribution in [0, 0.1) is 6.92 Å². The van der Waals surface area contributed by atoms with E-state index < -0.39 is 0 Å². The van der Waals surface area contributed by atoms with Gasteiger partial charge in [0.05, 0.1) is 6.54 Å². The summed E-state index contributed by atoms with van der Waals surface area (Å²) in [6, 6.07) is 2.11. The van der Waals surface area contributed by atoms with Gasteiger partial charge in [-0.1, -0.05) is 26.7 Å². The van der Waals surface area contributed by atoms with E-state index in [1.807, 2.05) is 6.92 Å². The molecule has 18 heavy (non-hydrogen) atoms. The van der Waals surface area contributed by atoms with Gasteiger partial charge in [-0.2, -0.15) is 0 Å². The summed E-state index contributed by atoms with van der Waals surface area (Å²) in [6.07, 6.45) is 5.04. The number of furan rings is 1. The van der Waals surface area contributed by atoms with E-state index in [1.165, 1.54) is 44.3 Å². The molecular formula is C15H28N2O. The topological polar surface area (TPSA) is 42.4 Å². The summed E-state index contributed by atoms with van der Waals surface area (Å²) in [5.74, 6) is 1.92. The molecule has 1 aromatic rings. The van der Waals surface area contributed by atoms with Crippen LogP contribution in [0.3, 0.4) is 0 Å². The molecule has 3 nitrogen and oxygen atoms in total. The van der Waals surface area contributed by atoms with Crippen molar-refractivity contribution in [1.82, 2.24) is 4.90 Å². The molecule has 0 bridgehead atoms. The van der Waals surface area contributed by atoms with Crippen molar-refractivity contribution in [3.05, 3.63) is 23.2 Å². The van der Waals surface area contributed by atoms with Crippen LogP contribution < -0.4 is 5.73 Å². The van der Waals surface area contributed by atoms with Crippen LogP contribution in [0.25, 0.3) is 0 Å². The molecule has 0 fully saturated rings. The minimum Gasteiger partial charge on any atom is -0.465 e. The third-order valence-corrected chi connectivity index (χ3v) is 3.32. The van der Waals surface area contributed by atoms with Crippen molar-refractivity contribution < 1.29 is 4.42 Å². The van der Waals surface area contributed by atoms with E-state index in [4.69, 9.17) is 10.2 Å². The Hall–Kier alpha value is -0.800. The van der Waals surface area contributed by atoms with Crippen molar-refractivity contribution in [1.29, 1.82) is 0 Å². The fraction of sp³-hybridized carbons (Fsp3) is 0.733. The van der Waals surface area contributed by atoms with Crippen molar-refractivity contribution in [2.24, 2.45) is 5.73 Å². The van der Waals surface area contributed by atoms with Crippen molar-refractivity contribution in [3.8, 4) is 0 Å². The molecule has 0 unspecified atom stereocenters. The molecule has 1 aromatic heterocycles. The normalized spacial score (nSPS) is 11.4. The van der Waals surface area contributed by atoms with E-state index in [9.17, 15) is 0 Å². The highest BCUT2D eigenvalue weighted by atomic mass is 16.3. The summed E-state index contributed by atoms with van der Waals surface area (Å²) in [4.78, 5) is 2.53. The summed E-state index contributed by atoms with van der Waals surface area (Å²) in [5.41, 5.74) is 6.91. The molecule has 2 N–H and O–H groups in total. The Labute approximate surface area is 111 Å². The number of hydrogen-bond acceptors (Lipinski definition) is 3. The molecule has 0 aliphatic heterocycles. The standard InChI is InChI=1S/C15H28N2O/c1-4-6-8-17(9-7-5-2)12-14-10-15(11-16)18-13(14)3/h10H,4-9,11-12,16H2,1-3H3. The van der Waals surface area contributed by atoms with Crippen LogP contribution in [0.5, 0.6) is 0 Å². The Bertz CT molecular complexity index is 325. The minimum atomic E-state index is 0.491. The fourth-order valence-corrected chi connectivity index (χ4v) is 2.12. The Kier molecular flexibility index (Phi) is 7.06. The molecule has 3 heteroatoms. The largest absolute Gasteiger partial charge is 0.465 e. The third kappa shape index (κ3) is 4.83. The highest BCUT2D eigenvalue weighted by Crippen LogP contribution is 2.17. The summed E-state index contributed by atoms with van der Waals surface area (Å²) in [6.45, 7) is 10.4. The van der Waals surface area contributed by atoms with Gasteiger partial charge in [0.25, 0.3) is 0 Å². The number of nitrogens with zero attached hydrogens (tertiary/aromatic N) is 1. The summed E-state index contributed by atoms with van der Waals surface area (Å²) in [5, 5.41) is 0. The van der Waals surface area contributed by atoms with Gasteiger partial charge in [-0.3, -0.25) is 4.90 Å². The molecule has 0 amide bonds. The van der Waals surface area contributed by atoms with Gasteiger partial charge in [0, 0.05) is 12.1 Å². The van der Waals surface area contributed by atoms with Gasteiger partial charge in [0.15, 0.2) is 0 Å². The number of hydrogen-bond donors (Lipinski definition) is 1. The minimum absolute atomic E-state index is 0.491. The van der Waals surface area contributed by atoms with Crippen LogP contribution in [-0.2, 0) is 13.1 Å². The lowest BCUT2D eigenvalue weighted by atomic mass is 10.2. The maximum Gasteiger partial charge on any atom is 0.118 e. The van der Waals surface area contributed by atoms with E-state index in [0.717, 1.165) is 18.1 Å². The highest BCUT2D eigenvalue weighted by molar-refractivity contribution is 5.20. The van der Waals surface area contributed by atoms with Crippen LogP contribution >= 0.6 is 0 Å². The fourth-order valence-electron chi connectivity index (χ4n) is 2.12.